The highest BCUT2D eigenvalue weighted by molar-refractivity contribution is 6.31. The molecule has 1 amide bonds. The number of rotatable bonds is 4. The SMILES string of the molecule is Cc1cc(N=c2oc3cc(O)ccc3cc2C(=O)NC[C@H]2CCCO2)ccc1Cl. The predicted molar refractivity (Wildman–Crippen MR) is 111 cm³/mol. The normalized spacial score (nSPS) is 17.0. The molecule has 0 aliphatic carbocycles. The van der Waals surface area contributed by atoms with E-state index in [1.54, 1.807) is 30.3 Å². The van der Waals surface area contributed by atoms with Gasteiger partial charge < -0.3 is 19.6 Å². The van der Waals surface area contributed by atoms with Gasteiger partial charge in [-0.3, -0.25) is 4.79 Å². The number of fused-ring (bicyclic) bond motifs is 1. The molecule has 150 valence electrons. The van der Waals surface area contributed by atoms with Crippen molar-refractivity contribution in [2.75, 3.05) is 13.2 Å². The van der Waals surface area contributed by atoms with E-state index < -0.39 is 0 Å². The molecule has 1 saturated heterocycles. The number of aromatic hydroxyl groups is 1. The average molecular weight is 413 g/mol. The number of ether oxygens (including phenoxy) is 1. The van der Waals surface area contributed by atoms with Crippen molar-refractivity contribution in [3.63, 3.8) is 0 Å². The van der Waals surface area contributed by atoms with Crippen LogP contribution in [0.1, 0.15) is 28.8 Å². The topological polar surface area (TPSA) is 84.1 Å². The third-order valence-corrected chi connectivity index (χ3v) is 5.29. The first-order valence-electron chi connectivity index (χ1n) is 9.47. The van der Waals surface area contributed by atoms with Gasteiger partial charge in [0.05, 0.1) is 11.8 Å². The summed E-state index contributed by atoms with van der Waals surface area (Å²) in [5, 5.41) is 14.0. The first-order valence-corrected chi connectivity index (χ1v) is 9.85. The molecule has 0 bridgehead atoms. The Morgan fingerprint density at radius 1 is 1.28 bits per heavy atom. The highest BCUT2D eigenvalue weighted by atomic mass is 35.5. The molecule has 1 aromatic heterocycles. The zero-order valence-electron chi connectivity index (χ0n) is 15.9. The molecule has 1 fully saturated rings. The van der Waals surface area contributed by atoms with Crippen LogP contribution >= 0.6 is 11.6 Å². The van der Waals surface area contributed by atoms with Gasteiger partial charge in [-0.05, 0) is 61.7 Å². The summed E-state index contributed by atoms with van der Waals surface area (Å²) in [6.07, 6.45) is 1.97. The van der Waals surface area contributed by atoms with E-state index in [2.05, 4.69) is 10.3 Å². The Kier molecular flexibility index (Phi) is 5.56. The largest absolute Gasteiger partial charge is 0.508 e. The lowest BCUT2D eigenvalue weighted by Crippen LogP contribution is -2.34. The van der Waals surface area contributed by atoms with Crippen LogP contribution in [0.25, 0.3) is 11.0 Å². The Morgan fingerprint density at radius 2 is 2.14 bits per heavy atom. The molecule has 2 heterocycles. The van der Waals surface area contributed by atoms with Gasteiger partial charge in [-0.1, -0.05) is 11.6 Å². The Labute approximate surface area is 172 Å². The van der Waals surface area contributed by atoms with Crippen LogP contribution in [-0.4, -0.2) is 30.3 Å². The van der Waals surface area contributed by atoms with Crippen molar-refractivity contribution in [3.8, 4) is 5.75 Å². The number of nitrogens with one attached hydrogen (secondary N) is 1. The van der Waals surface area contributed by atoms with Crippen molar-refractivity contribution >= 4 is 34.2 Å². The molecule has 0 saturated carbocycles. The van der Waals surface area contributed by atoms with Gasteiger partial charge in [0, 0.05) is 29.6 Å². The van der Waals surface area contributed by atoms with Gasteiger partial charge in [-0.2, -0.15) is 0 Å². The summed E-state index contributed by atoms with van der Waals surface area (Å²) in [4.78, 5) is 17.4. The number of phenols is 1. The number of amides is 1. The van der Waals surface area contributed by atoms with Gasteiger partial charge >= 0.3 is 0 Å². The van der Waals surface area contributed by atoms with E-state index in [4.69, 9.17) is 20.8 Å². The van der Waals surface area contributed by atoms with Gasteiger partial charge in [0.15, 0.2) is 0 Å². The monoisotopic (exact) mass is 412 g/mol. The summed E-state index contributed by atoms with van der Waals surface area (Å²) in [6.45, 7) is 3.05. The van der Waals surface area contributed by atoms with Crippen molar-refractivity contribution in [2.45, 2.75) is 25.9 Å². The number of benzene rings is 2. The Hall–Kier alpha value is -2.83. The van der Waals surface area contributed by atoms with Crippen LogP contribution in [0.4, 0.5) is 5.69 Å². The van der Waals surface area contributed by atoms with Crippen LogP contribution in [0, 0.1) is 6.92 Å². The van der Waals surface area contributed by atoms with Crippen LogP contribution in [0.5, 0.6) is 5.75 Å². The fourth-order valence-corrected chi connectivity index (χ4v) is 3.39. The molecule has 0 radical (unpaired) electrons. The summed E-state index contributed by atoms with van der Waals surface area (Å²) in [6, 6.07) is 11.8. The fourth-order valence-electron chi connectivity index (χ4n) is 3.28. The molecule has 2 N–H and O–H groups in total. The maximum Gasteiger partial charge on any atom is 0.256 e. The van der Waals surface area contributed by atoms with E-state index in [1.165, 1.54) is 6.07 Å². The van der Waals surface area contributed by atoms with Crippen molar-refractivity contribution in [1.29, 1.82) is 0 Å². The van der Waals surface area contributed by atoms with Crippen molar-refractivity contribution < 1.29 is 19.1 Å². The van der Waals surface area contributed by atoms with Crippen molar-refractivity contribution in [2.24, 2.45) is 4.99 Å². The number of carbonyl (C=O) groups is 1. The van der Waals surface area contributed by atoms with Crippen LogP contribution in [-0.2, 0) is 4.74 Å². The first-order chi connectivity index (χ1) is 14.0. The summed E-state index contributed by atoms with van der Waals surface area (Å²) in [5.74, 6) is -0.214. The summed E-state index contributed by atoms with van der Waals surface area (Å²) in [5.41, 5.74) is 2.40. The maximum absolute atomic E-state index is 12.9. The molecule has 7 heteroatoms. The molecule has 1 atom stereocenters. The van der Waals surface area contributed by atoms with Crippen LogP contribution < -0.4 is 10.9 Å². The van der Waals surface area contributed by atoms with Gasteiger partial charge in [0.2, 0.25) is 5.55 Å². The Morgan fingerprint density at radius 3 is 2.90 bits per heavy atom. The standard InChI is InChI=1S/C22H21ClN2O4/c1-13-9-15(5-7-19(13)23)25-22-18(21(27)24-12-17-3-2-8-28-17)10-14-4-6-16(26)11-20(14)29-22/h4-7,9-11,17,26H,2-3,8,12H2,1H3,(H,24,27)/t17-/m1/s1. The smallest absolute Gasteiger partial charge is 0.256 e. The number of nitrogens with zero attached hydrogens (tertiary/aromatic N) is 1. The number of hydrogen-bond donors (Lipinski definition) is 2. The Balaban J connectivity index is 1.76. The number of phenolic OH excluding ortho intramolecular Hbond substituents is 1. The quantitative estimate of drug-likeness (QED) is 0.671. The second-order valence-electron chi connectivity index (χ2n) is 7.08. The molecule has 3 aromatic rings. The van der Waals surface area contributed by atoms with E-state index in [0.717, 1.165) is 25.0 Å². The first kappa shape index (κ1) is 19.5. The summed E-state index contributed by atoms with van der Waals surface area (Å²) >= 11 is 6.10. The minimum Gasteiger partial charge on any atom is -0.508 e. The molecular formula is C22H21ClN2O4. The number of hydrogen-bond acceptors (Lipinski definition) is 5. The minimum atomic E-state index is -0.288. The van der Waals surface area contributed by atoms with E-state index in [1.807, 2.05) is 13.0 Å². The van der Waals surface area contributed by atoms with Crippen molar-refractivity contribution in [1.82, 2.24) is 5.32 Å². The van der Waals surface area contributed by atoms with E-state index in [9.17, 15) is 9.90 Å². The second-order valence-corrected chi connectivity index (χ2v) is 7.48. The molecule has 29 heavy (non-hydrogen) atoms. The lowest BCUT2D eigenvalue weighted by molar-refractivity contribution is 0.0854. The maximum atomic E-state index is 12.9. The number of carbonyl (C=O) groups excluding carboxylic acids is 1. The van der Waals surface area contributed by atoms with Gasteiger partial charge in [0.25, 0.3) is 5.91 Å². The van der Waals surface area contributed by atoms with Gasteiger partial charge in [-0.15, -0.1) is 0 Å². The number of halogens is 1. The molecule has 1 aliphatic heterocycles. The third-order valence-electron chi connectivity index (χ3n) is 4.87. The minimum absolute atomic E-state index is 0.0348. The van der Waals surface area contributed by atoms with Crippen LogP contribution in [0.3, 0.4) is 0 Å². The highest BCUT2D eigenvalue weighted by Gasteiger charge is 2.18. The van der Waals surface area contributed by atoms with Crippen LogP contribution in [0.15, 0.2) is 51.9 Å². The Bertz CT molecular complexity index is 1130. The lowest BCUT2D eigenvalue weighted by atomic mass is 10.1. The fraction of sp³-hybridized carbons (Fsp3) is 0.273. The van der Waals surface area contributed by atoms with E-state index in [0.29, 0.717) is 33.8 Å². The average Bonchev–Trinajstić information content (AvgIpc) is 3.22. The molecule has 1 aliphatic rings. The molecule has 0 spiro atoms. The third kappa shape index (κ3) is 4.44. The van der Waals surface area contributed by atoms with E-state index >= 15 is 0 Å². The molecule has 4 rings (SSSR count). The van der Waals surface area contributed by atoms with Crippen LogP contribution in [0.2, 0.25) is 5.02 Å². The number of aryl methyl sites for hydroxylation is 1. The van der Waals surface area contributed by atoms with E-state index in [-0.39, 0.29) is 23.3 Å². The summed E-state index contributed by atoms with van der Waals surface area (Å²) < 4.78 is 11.5. The predicted octanol–water partition coefficient (Wildman–Crippen LogP) is 4.24. The molecular weight excluding hydrogens is 392 g/mol. The zero-order valence-corrected chi connectivity index (χ0v) is 16.7. The molecule has 0 unspecified atom stereocenters. The second kappa shape index (κ2) is 8.27. The zero-order chi connectivity index (χ0) is 20.4. The molecule has 6 nitrogen and oxygen atoms in total. The lowest BCUT2D eigenvalue weighted by Gasteiger charge is -2.11. The molecule has 2 aromatic carbocycles. The highest BCUT2D eigenvalue weighted by Crippen LogP contribution is 2.23. The van der Waals surface area contributed by atoms with Gasteiger partial charge in [-0.25, -0.2) is 4.99 Å². The van der Waals surface area contributed by atoms with Gasteiger partial charge in [0.1, 0.15) is 16.9 Å². The van der Waals surface area contributed by atoms with Crippen molar-refractivity contribution in [3.05, 3.63) is 64.2 Å². The summed E-state index contributed by atoms with van der Waals surface area (Å²) in [7, 11) is 0.